The molecule has 0 amide bonds. The van der Waals surface area contributed by atoms with E-state index in [0.717, 1.165) is 18.4 Å². The summed E-state index contributed by atoms with van der Waals surface area (Å²) < 4.78 is 5.03. The maximum absolute atomic E-state index is 12.5. The predicted molar refractivity (Wildman–Crippen MR) is 74.6 cm³/mol. The monoisotopic (exact) mass is 276 g/mol. The van der Waals surface area contributed by atoms with Crippen LogP contribution in [-0.4, -0.2) is 24.0 Å². The van der Waals surface area contributed by atoms with E-state index in [-0.39, 0.29) is 11.7 Å². The first-order valence-electron chi connectivity index (χ1n) is 6.98. The Balaban J connectivity index is 2.14. The molecule has 1 N–H and O–H groups in total. The molecule has 0 saturated heterocycles. The van der Waals surface area contributed by atoms with Crippen LogP contribution in [0.3, 0.4) is 0 Å². The second-order valence-electron chi connectivity index (χ2n) is 5.33. The largest absolute Gasteiger partial charge is 0.481 e. The van der Waals surface area contributed by atoms with Gasteiger partial charge < -0.3 is 9.84 Å². The van der Waals surface area contributed by atoms with Gasteiger partial charge in [0.25, 0.3) is 0 Å². The number of ketones is 1. The summed E-state index contributed by atoms with van der Waals surface area (Å²) in [5, 5.41) is 9.25. The third kappa shape index (κ3) is 3.25. The van der Waals surface area contributed by atoms with Gasteiger partial charge >= 0.3 is 5.97 Å². The molecule has 0 aromatic heterocycles. The van der Waals surface area contributed by atoms with Crippen molar-refractivity contribution in [3.63, 3.8) is 0 Å². The fraction of sp³-hybridized carbons (Fsp3) is 0.500. The number of Topliss-reactive ketones (excluding diaryl/α,β-unsaturated/α-hetero) is 1. The van der Waals surface area contributed by atoms with Crippen LogP contribution in [0.15, 0.2) is 24.3 Å². The topological polar surface area (TPSA) is 63.6 Å². The van der Waals surface area contributed by atoms with Crippen molar-refractivity contribution in [2.45, 2.75) is 32.3 Å². The highest BCUT2D eigenvalue weighted by Crippen LogP contribution is 2.32. The zero-order valence-electron chi connectivity index (χ0n) is 11.7. The van der Waals surface area contributed by atoms with E-state index in [1.54, 1.807) is 19.2 Å². The molecule has 1 aliphatic carbocycles. The Morgan fingerprint density at radius 1 is 1.15 bits per heavy atom. The number of benzene rings is 1. The van der Waals surface area contributed by atoms with E-state index in [0.29, 0.717) is 25.0 Å². The molecule has 0 unspecified atom stereocenters. The van der Waals surface area contributed by atoms with Crippen LogP contribution in [0.2, 0.25) is 0 Å². The number of aliphatic carboxylic acids is 1. The maximum Gasteiger partial charge on any atom is 0.307 e. The van der Waals surface area contributed by atoms with Crippen molar-refractivity contribution >= 4 is 11.8 Å². The van der Waals surface area contributed by atoms with Crippen molar-refractivity contribution in [1.82, 2.24) is 0 Å². The smallest absolute Gasteiger partial charge is 0.307 e. The first kappa shape index (κ1) is 14.7. The van der Waals surface area contributed by atoms with Gasteiger partial charge in [0.15, 0.2) is 5.78 Å². The van der Waals surface area contributed by atoms with E-state index in [4.69, 9.17) is 4.74 Å². The number of methoxy groups -OCH3 is 1. The Bertz CT molecular complexity index is 478. The average Bonchev–Trinajstić information content (AvgIpc) is 2.47. The number of carbonyl (C=O) groups excluding carboxylic acids is 1. The molecule has 108 valence electrons. The standard InChI is InChI=1S/C16H20O4/c1-20-10-11-6-8-12(9-7-11)15(17)13-4-2-3-5-14(13)16(18)19/h6-9,13-14H,2-5,10H2,1H3,(H,18,19)/t13-,14+/m1/s1. The van der Waals surface area contributed by atoms with E-state index in [2.05, 4.69) is 0 Å². The van der Waals surface area contributed by atoms with Crippen LogP contribution >= 0.6 is 0 Å². The van der Waals surface area contributed by atoms with Gasteiger partial charge in [-0.2, -0.15) is 0 Å². The Morgan fingerprint density at radius 3 is 2.30 bits per heavy atom. The maximum atomic E-state index is 12.5. The molecule has 1 aromatic rings. The van der Waals surface area contributed by atoms with Gasteiger partial charge in [-0.3, -0.25) is 9.59 Å². The van der Waals surface area contributed by atoms with Crippen LogP contribution in [0.25, 0.3) is 0 Å². The fourth-order valence-corrected chi connectivity index (χ4v) is 2.89. The normalized spacial score (nSPS) is 22.4. The van der Waals surface area contributed by atoms with Crippen molar-refractivity contribution in [2.24, 2.45) is 11.8 Å². The first-order valence-corrected chi connectivity index (χ1v) is 6.98. The summed E-state index contributed by atoms with van der Waals surface area (Å²) in [7, 11) is 1.62. The second-order valence-corrected chi connectivity index (χ2v) is 5.33. The highest BCUT2D eigenvalue weighted by Gasteiger charge is 2.35. The van der Waals surface area contributed by atoms with Crippen LogP contribution in [0.1, 0.15) is 41.6 Å². The number of hydrogen-bond donors (Lipinski definition) is 1. The van der Waals surface area contributed by atoms with Crippen LogP contribution in [-0.2, 0) is 16.1 Å². The van der Waals surface area contributed by atoms with Gasteiger partial charge in [0, 0.05) is 18.6 Å². The molecule has 0 aliphatic heterocycles. The van der Waals surface area contributed by atoms with Gasteiger partial charge in [-0.05, 0) is 18.4 Å². The number of carbonyl (C=O) groups is 2. The lowest BCUT2D eigenvalue weighted by atomic mass is 9.75. The third-order valence-electron chi connectivity index (χ3n) is 3.97. The van der Waals surface area contributed by atoms with E-state index in [1.165, 1.54) is 0 Å². The number of carboxylic acid groups (broad SMARTS) is 1. The van der Waals surface area contributed by atoms with Crippen LogP contribution in [0.4, 0.5) is 0 Å². The first-order chi connectivity index (χ1) is 9.63. The van der Waals surface area contributed by atoms with Crippen molar-refractivity contribution in [2.75, 3.05) is 7.11 Å². The van der Waals surface area contributed by atoms with E-state index < -0.39 is 11.9 Å². The van der Waals surface area contributed by atoms with Gasteiger partial charge in [0.1, 0.15) is 0 Å². The van der Waals surface area contributed by atoms with Crippen LogP contribution in [0.5, 0.6) is 0 Å². The lowest BCUT2D eigenvalue weighted by molar-refractivity contribution is -0.144. The number of ether oxygens (including phenoxy) is 1. The van der Waals surface area contributed by atoms with Crippen LogP contribution < -0.4 is 0 Å². The molecule has 0 bridgehead atoms. The molecule has 1 fully saturated rings. The summed E-state index contributed by atoms with van der Waals surface area (Å²) >= 11 is 0. The summed E-state index contributed by atoms with van der Waals surface area (Å²) in [6, 6.07) is 7.25. The minimum absolute atomic E-state index is 0.0407. The molecule has 0 spiro atoms. The van der Waals surface area contributed by atoms with Gasteiger partial charge in [-0.25, -0.2) is 0 Å². The quantitative estimate of drug-likeness (QED) is 0.840. The Kier molecular flexibility index (Phi) is 4.90. The Hall–Kier alpha value is -1.68. The molecule has 4 heteroatoms. The minimum atomic E-state index is -0.848. The number of rotatable bonds is 5. The van der Waals surface area contributed by atoms with Gasteiger partial charge in [-0.1, -0.05) is 37.1 Å². The van der Waals surface area contributed by atoms with Crippen molar-refractivity contribution in [3.05, 3.63) is 35.4 Å². The summed E-state index contributed by atoms with van der Waals surface area (Å²) in [5.41, 5.74) is 1.60. The Morgan fingerprint density at radius 2 is 1.75 bits per heavy atom. The molecule has 1 saturated carbocycles. The molecule has 1 aromatic carbocycles. The second kappa shape index (κ2) is 6.66. The zero-order valence-corrected chi connectivity index (χ0v) is 11.7. The summed E-state index contributed by atoms with van der Waals surface area (Å²) in [6.07, 6.45) is 3.11. The molecule has 0 heterocycles. The molecular formula is C16H20O4. The van der Waals surface area contributed by atoms with Crippen molar-refractivity contribution < 1.29 is 19.4 Å². The molecule has 20 heavy (non-hydrogen) atoms. The van der Waals surface area contributed by atoms with E-state index >= 15 is 0 Å². The third-order valence-corrected chi connectivity index (χ3v) is 3.97. The van der Waals surface area contributed by atoms with Crippen molar-refractivity contribution in [1.29, 1.82) is 0 Å². The SMILES string of the molecule is COCc1ccc(C(=O)[C@@H]2CCCC[C@@H]2C(=O)O)cc1. The molecule has 0 radical (unpaired) electrons. The number of hydrogen-bond acceptors (Lipinski definition) is 3. The average molecular weight is 276 g/mol. The van der Waals surface area contributed by atoms with Gasteiger partial charge in [-0.15, -0.1) is 0 Å². The van der Waals surface area contributed by atoms with Gasteiger partial charge in [0.05, 0.1) is 12.5 Å². The minimum Gasteiger partial charge on any atom is -0.481 e. The van der Waals surface area contributed by atoms with Crippen LogP contribution in [0, 0.1) is 11.8 Å². The molecule has 1 aliphatic rings. The van der Waals surface area contributed by atoms with Gasteiger partial charge in [0.2, 0.25) is 0 Å². The van der Waals surface area contributed by atoms with Crippen molar-refractivity contribution in [3.8, 4) is 0 Å². The summed E-state index contributed by atoms with van der Waals surface area (Å²) in [4.78, 5) is 23.8. The molecule has 4 nitrogen and oxygen atoms in total. The lowest BCUT2D eigenvalue weighted by Crippen LogP contribution is -2.32. The predicted octanol–water partition coefficient (Wildman–Crippen LogP) is 2.91. The molecule has 2 atom stereocenters. The zero-order chi connectivity index (χ0) is 14.5. The summed E-state index contributed by atoms with van der Waals surface area (Å²) in [5.74, 6) is -1.80. The van der Waals surface area contributed by atoms with E-state index in [1.807, 2.05) is 12.1 Å². The lowest BCUT2D eigenvalue weighted by Gasteiger charge is -2.27. The molecule has 2 rings (SSSR count). The molecular weight excluding hydrogens is 256 g/mol. The number of carboxylic acids is 1. The van der Waals surface area contributed by atoms with E-state index in [9.17, 15) is 14.7 Å². The highest BCUT2D eigenvalue weighted by atomic mass is 16.5. The fourth-order valence-electron chi connectivity index (χ4n) is 2.89. The Labute approximate surface area is 118 Å². The summed E-state index contributed by atoms with van der Waals surface area (Å²) in [6.45, 7) is 0.510. The highest BCUT2D eigenvalue weighted by molar-refractivity contribution is 6.00.